The molecular weight excluding hydrogens is 393 g/mol. The summed E-state index contributed by atoms with van der Waals surface area (Å²) in [7, 11) is 0. The van der Waals surface area contributed by atoms with E-state index in [0.717, 1.165) is 25.9 Å². The quantitative estimate of drug-likeness (QED) is 0.738. The van der Waals surface area contributed by atoms with Gasteiger partial charge >= 0.3 is 6.09 Å². The van der Waals surface area contributed by atoms with Crippen molar-refractivity contribution in [1.82, 2.24) is 10.4 Å². The van der Waals surface area contributed by atoms with E-state index >= 15 is 0 Å². The molecule has 2 amide bonds. The van der Waals surface area contributed by atoms with Gasteiger partial charge in [0.1, 0.15) is 11.9 Å². The van der Waals surface area contributed by atoms with E-state index in [1.54, 1.807) is 12.1 Å². The largest absolute Gasteiger partial charge is 0.443 e. The average Bonchev–Trinajstić information content (AvgIpc) is 2.98. The zero-order chi connectivity index (χ0) is 21.1. The van der Waals surface area contributed by atoms with Crippen LogP contribution in [0.4, 0.5) is 20.6 Å². The van der Waals surface area contributed by atoms with Crippen molar-refractivity contribution in [3.05, 3.63) is 24.0 Å². The molecule has 4 rings (SSSR count). The van der Waals surface area contributed by atoms with Gasteiger partial charge in [-0.2, -0.15) is 0 Å². The summed E-state index contributed by atoms with van der Waals surface area (Å²) in [6, 6.07) is 4.68. The Kier molecular flexibility index (Phi) is 6.35. The topological polar surface area (TPSA) is 100 Å². The minimum Gasteiger partial charge on any atom is -0.443 e. The summed E-state index contributed by atoms with van der Waals surface area (Å²) in [5.41, 5.74) is 6.41. The molecule has 0 radical (unpaired) electrons. The fourth-order valence-corrected chi connectivity index (χ4v) is 4.11. The number of benzene rings is 1. The average molecular weight is 421 g/mol. The lowest BCUT2D eigenvalue weighted by Crippen LogP contribution is -2.42. The van der Waals surface area contributed by atoms with Crippen LogP contribution >= 0.6 is 0 Å². The van der Waals surface area contributed by atoms with Crippen LogP contribution in [0, 0.1) is 11.7 Å². The van der Waals surface area contributed by atoms with Crippen LogP contribution in [0.1, 0.15) is 12.8 Å². The Bertz CT molecular complexity index is 788. The number of piperidine rings is 1. The molecule has 0 aromatic heterocycles. The normalized spacial score (nSPS) is 23.5. The fraction of sp³-hybridized carbons (Fsp3) is 0.600. The molecule has 164 valence electrons. The van der Waals surface area contributed by atoms with Crippen LogP contribution in [0.5, 0.6) is 0 Å². The van der Waals surface area contributed by atoms with Gasteiger partial charge < -0.3 is 20.7 Å². The van der Waals surface area contributed by atoms with Crippen molar-refractivity contribution >= 4 is 23.4 Å². The van der Waals surface area contributed by atoms with Gasteiger partial charge in [0.25, 0.3) is 0 Å². The molecule has 1 aromatic rings. The van der Waals surface area contributed by atoms with Crippen molar-refractivity contribution in [3.8, 4) is 0 Å². The van der Waals surface area contributed by atoms with Crippen molar-refractivity contribution in [2.45, 2.75) is 18.9 Å². The maximum atomic E-state index is 14.9. The number of amides is 2. The molecule has 30 heavy (non-hydrogen) atoms. The van der Waals surface area contributed by atoms with Gasteiger partial charge in [0.2, 0.25) is 5.91 Å². The van der Waals surface area contributed by atoms with Crippen LogP contribution in [-0.4, -0.2) is 75.6 Å². The van der Waals surface area contributed by atoms with E-state index in [-0.39, 0.29) is 24.5 Å². The van der Waals surface area contributed by atoms with Crippen LogP contribution in [0.25, 0.3) is 0 Å². The molecule has 1 atom stereocenters. The highest BCUT2D eigenvalue weighted by Gasteiger charge is 2.32. The number of cyclic esters (lactones) is 1. The van der Waals surface area contributed by atoms with Gasteiger partial charge in [-0.15, -0.1) is 0 Å². The Balaban J connectivity index is 1.40. The summed E-state index contributed by atoms with van der Waals surface area (Å²) in [5, 5.41) is 4.69. The van der Waals surface area contributed by atoms with Gasteiger partial charge in [-0.05, 0) is 44.1 Å². The van der Waals surface area contributed by atoms with Gasteiger partial charge in [-0.3, -0.25) is 14.5 Å². The number of ether oxygens (including phenoxy) is 1. The number of nitrogens with two attached hydrogens (primary N) is 1. The molecule has 0 aliphatic carbocycles. The molecule has 3 heterocycles. The predicted molar refractivity (Wildman–Crippen MR) is 109 cm³/mol. The van der Waals surface area contributed by atoms with Crippen LogP contribution in [0.15, 0.2) is 18.2 Å². The van der Waals surface area contributed by atoms with Gasteiger partial charge in [-0.25, -0.2) is 14.2 Å². The molecule has 0 bridgehead atoms. The maximum Gasteiger partial charge on any atom is 0.414 e. The van der Waals surface area contributed by atoms with Gasteiger partial charge in [0.15, 0.2) is 0 Å². The molecule has 10 heteroatoms. The number of carbonyl (C=O) groups is 2. The molecule has 0 saturated carbocycles. The number of hydroxylamine groups is 2. The first kappa shape index (κ1) is 20.8. The standard InChI is InChI=1S/C20H28FN5O4/c21-17-11-15(25-13-16(12-22)30-20(25)28)1-2-18(17)24-7-8-26(29-10-9-24)19(27)14-3-5-23-6-4-14/h1-2,11,14,16,23H,3-10,12-13,22H2/t16-/m0/s1. The van der Waals surface area contributed by atoms with Crippen molar-refractivity contribution in [2.75, 3.05) is 62.2 Å². The first-order valence-corrected chi connectivity index (χ1v) is 10.4. The Morgan fingerprint density at radius 3 is 2.73 bits per heavy atom. The zero-order valence-corrected chi connectivity index (χ0v) is 16.9. The zero-order valence-electron chi connectivity index (χ0n) is 16.9. The number of hydrogen-bond acceptors (Lipinski definition) is 7. The van der Waals surface area contributed by atoms with Gasteiger partial charge in [-0.1, -0.05) is 0 Å². The van der Waals surface area contributed by atoms with Gasteiger partial charge in [0.05, 0.1) is 31.1 Å². The first-order valence-electron chi connectivity index (χ1n) is 10.4. The molecule has 9 nitrogen and oxygen atoms in total. The third-order valence-electron chi connectivity index (χ3n) is 5.84. The van der Waals surface area contributed by atoms with E-state index in [9.17, 15) is 14.0 Å². The number of nitrogens with zero attached hydrogens (tertiary/aromatic N) is 3. The molecule has 1 aromatic carbocycles. The fourth-order valence-electron chi connectivity index (χ4n) is 4.11. The second-order valence-electron chi connectivity index (χ2n) is 7.77. The third kappa shape index (κ3) is 4.35. The summed E-state index contributed by atoms with van der Waals surface area (Å²) in [6.45, 7) is 3.81. The van der Waals surface area contributed by atoms with Crippen molar-refractivity contribution in [3.63, 3.8) is 0 Å². The summed E-state index contributed by atoms with van der Waals surface area (Å²) in [4.78, 5) is 33.6. The highest BCUT2D eigenvalue weighted by atomic mass is 19.1. The number of anilines is 2. The number of rotatable bonds is 4. The number of nitrogens with one attached hydrogen (secondary N) is 1. The SMILES string of the molecule is NC[C@H]1CN(c2ccc(N3CCON(C(=O)C4CCNCC4)CC3)c(F)c2)C(=O)O1. The van der Waals surface area contributed by atoms with E-state index in [0.29, 0.717) is 44.2 Å². The third-order valence-corrected chi connectivity index (χ3v) is 5.84. The maximum absolute atomic E-state index is 14.9. The predicted octanol–water partition coefficient (Wildman–Crippen LogP) is 0.689. The summed E-state index contributed by atoms with van der Waals surface area (Å²) in [5.74, 6) is -0.447. The van der Waals surface area contributed by atoms with E-state index in [1.807, 2.05) is 4.90 Å². The Hall–Kier alpha value is -2.43. The minimum absolute atomic E-state index is 0.0103. The lowest BCUT2D eigenvalue weighted by Gasteiger charge is -2.28. The Morgan fingerprint density at radius 1 is 1.23 bits per heavy atom. The van der Waals surface area contributed by atoms with Crippen molar-refractivity contribution in [1.29, 1.82) is 0 Å². The first-order chi connectivity index (χ1) is 14.6. The van der Waals surface area contributed by atoms with Crippen molar-refractivity contribution < 1.29 is 23.6 Å². The van der Waals surface area contributed by atoms with E-state index in [2.05, 4.69) is 5.32 Å². The Labute approximate surface area is 174 Å². The van der Waals surface area contributed by atoms with Crippen LogP contribution in [-0.2, 0) is 14.4 Å². The molecule has 3 N–H and O–H groups in total. The van der Waals surface area contributed by atoms with Crippen molar-refractivity contribution in [2.24, 2.45) is 11.7 Å². The summed E-state index contributed by atoms with van der Waals surface area (Å²) >= 11 is 0. The Morgan fingerprint density at radius 2 is 2.03 bits per heavy atom. The summed E-state index contributed by atoms with van der Waals surface area (Å²) < 4.78 is 20.0. The number of hydrogen-bond donors (Lipinski definition) is 2. The van der Waals surface area contributed by atoms with Crippen LogP contribution < -0.4 is 20.9 Å². The molecule has 3 aliphatic heterocycles. The molecule has 0 spiro atoms. The van der Waals surface area contributed by atoms with Crippen LogP contribution in [0.2, 0.25) is 0 Å². The minimum atomic E-state index is -0.521. The lowest BCUT2D eigenvalue weighted by atomic mass is 9.97. The molecule has 3 fully saturated rings. The smallest absolute Gasteiger partial charge is 0.414 e. The monoisotopic (exact) mass is 421 g/mol. The van der Waals surface area contributed by atoms with E-state index in [4.69, 9.17) is 15.3 Å². The van der Waals surface area contributed by atoms with Crippen LogP contribution in [0.3, 0.4) is 0 Å². The molecule has 0 unspecified atom stereocenters. The van der Waals surface area contributed by atoms with E-state index < -0.39 is 11.9 Å². The van der Waals surface area contributed by atoms with E-state index in [1.165, 1.54) is 16.0 Å². The highest BCUT2D eigenvalue weighted by Crippen LogP contribution is 2.28. The van der Waals surface area contributed by atoms with Gasteiger partial charge in [0, 0.05) is 25.6 Å². The number of carbonyl (C=O) groups excluding carboxylic acids is 2. The lowest BCUT2D eigenvalue weighted by molar-refractivity contribution is -0.187. The summed E-state index contributed by atoms with van der Waals surface area (Å²) in [6.07, 6.45) is 0.713. The second-order valence-corrected chi connectivity index (χ2v) is 7.77. The molecular formula is C20H28FN5O4. The molecule has 3 saturated heterocycles. The molecule has 3 aliphatic rings. The second kappa shape index (κ2) is 9.15. The highest BCUT2D eigenvalue weighted by molar-refractivity contribution is 5.90. The number of halogens is 1.